The van der Waals surface area contributed by atoms with Gasteiger partial charge in [0.1, 0.15) is 18.1 Å². The monoisotopic (exact) mass is 474 g/mol. The van der Waals surface area contributed by atoms with E-state index in [2.05, 4.69) is 18.4 Å². The fourth-order valence-corrected chi connectivity index (χ4v) is 3.61. The number of benzene rings is 1. The molecule has 0 saturated carbocycles. The van der Waals surface area contributed by atoms with Crippen LogP contribution < -0.4 is 9.64 Å². The van der Waals surface area contributed by atoms with Crippen LogP contribution in [-0.4, -0.2) is 58.1 Å². The summed E-state index contributed by atoms with van der Waals surface area (Å²) in [5.74, 6) is 0.731. The molecular formula is C28H46N2O4. The van der Waals surface area contributed by atoms with Crippen LogP contribution in [0.25, 0.3) is 5.57 Å². The third kappa shape index (κ3) is 10.00. The van der Waals surface area contributed by atoms with E-state index in [0.717, 1.165) is 55.9 Å². The Kier molecular flexibility index (Phi) is 15.2. The number of nitrogens with one attached hydrogen (secondary N) is 1. The molecule has 1 saturated heterocycles. The number of ether oxygens (including phenoxy) is 4. The molecule has 1 aromatic carbocycles. The molecule has 0 amide bonds. The molecule has 1 aliphatic heterocycles. The van der Waals surface area contributed by atoms with Crippen molar-refractivity contribution in [2.45, 2.75) is 72.6 Å². The van der Waals surface area contributed by atoms with Gasteiger partial charge in [0.2, 0.25) is 0 Å². The predicted octanol–water partition coefficient (Wildman–Crippen LogP) is 6.50. The Bertz CT molecular complexity index is 757. The van der Waals surface area contributed by atoms with Gasteiger partial charge < -0.3 is 29.3 Å². The summed E-state index contributed by atoms with van der Waals surface area (Å²) in [5, 5.41) is 8.38. The fourth-order valence-electron chi connectivity index (χ4n) is 3.61. The van der Waals surface area contributed by atoms with Gasteiger partial charge in [-0.3, -0.25) is 0 Å². The first-order valence-corrected chi connectivity index (χ1v) is 12.7. The average molecular weight is 475 g/mol. The molecule has 0 aliphatic carbocycles. The quantitative estimate of drug-likeness (QED) is 0.246. The van der Waals surface area contributed by atoms with Crippen LogP contribution in [0, 0.1) is 5.41 Å². The second-order valence-corrected chi connectivity index (χ2v) is 8.12. The summed E-state index contributed by atoms with van der Waals surface area (Å²) >= 11 is 0. The molecule has 2 rings (SSSR count). The fraction of sp³-hybridized carbons (Fsp3) is 0.607. The number of rotatable bonds is 14. The minimum absolute atomic E-state index is 0.0280. The van der Waals surface area contributed by atoms with E-state index in [1.54, 1.807) is 6.08 Å². The van der Waals surface area contributed by atoms with Crippen molar-refractivity contribution in [1.82, 2.24) is 0 Å². The van der Waals surface area contributed by atoms with E-state index in [1.807, 2.05) is 59.0 Å². The first-order valence-electron chi connectivity index (χ1n) is 12.7. The zero-order valence-electron chi connectivity index (χ0n) is 22.2. The van der Waals surface area contributed by atoms with Crippen molar-refractivity contribution in [1.29, 1.82) is 5.41 Å². The first-order chi connectivity index (χ1) is 16.5. The van der Waals surface area contributed by atoms with Crippen LogP contribution in [0.1, 0.15) is 65.9 Å². The number of nitrogens with zero attached hydrogens (tertiary/aromatic N) is 1. The summed E-state index contributed by atoms with van der Waals surface area (Å²) in [6, 6.07) is 5.96. The van der Waals surface area contributed by atoms with E-state index in [0.29, 0.717) is 31.1 Å². The van der Waals surface area contributed by atoms with Crippen LogP contribution in [0.5, 0.6) is 5.75 Å². The van der Waals surface area contributed by atoms with E-state index in [1.165, 1.54) is 0 Å². The Hall–Kier alpha value is -2.15. The third-order valence-electron chi connectivity index (χ3n) is 5.33. The highest BCUT2D eigenvalue weighted by molar-refractivity contribution is 6.28. The van der Waals surface area contributed by atoms with Crippen LogP contribution in [-0.2, 0) is 14.2 Å². The second kappa shape index (κ2) is 17.3. The summed E-state index contributed by atoms with van der Waals surface area (Å²) < 4.78 is 23.2. The highest BCUT2D eigenvalue weighted by Crippen LogP contribution is 2.33. The van der Waals surface area contributed by atoms with Gasteiger partial charge in [0.05, 0.1) is 25.5 Å². The zero-order chi connectivity index (χ0) is 25.3. The summed E-state index contributed by atoms with van der Waals surface area (Å²) in [6.45, 7) is 17.4. The Balaban J connectivity index is 0.00000281. The highest BCUT2D eigenvalue weighted by atomic mass is 16.5. The zero-order valence-corrected chi connectivity index (χ0v) is 22.2. The maximum Gasteiger partial charge on any atom is 0.129 e. The van der Waals surface area contributed by atoms with Gasteiger partial charge in [-0.1, -0.05) is 33.4 Å². The lowest BCUT2D eigenvalue weighted by Gasteiger charge is -2.34. The van der Waals surface area contributed by atoms with Gasteiger partial charge in [0.15, 0.2) is 0 Å². The molecular weight excluding hydrogens is 428 g/mol. The molecule has 2 unspecified atom stereocenters. The van der Waals surface area contributed by atoms with Gasteiger partial charge >= 0.3 is 0 Å². The molecule has 6 nitrogen and oxygen atoms in total. The van der Waals surface area contributed by atoms with Crippen molar-refractivity contribution in [3.05, 3.63) is 42.5 Å². The molecule has 0 aromatic heterocycles. The smallest absolute Gasteiger partial charge is 0.129 e. The molecule has 34 heavy (non-hydrogen) atoms. The maximum absolute atomic E-state index is 8.38. The predicted molar refractivity (Wildman–Crippen MR) is 143 cm³/mol. The molecule has 0 bridgehead atoms. The van der Waals surface area contributed by atoms with Crippen molar-refractivity contribution < 1.29 is 18.9 Å². The SMILES string of the molecule is C=C(C(=N)/C=C\C)c1cc(OC(C)COCCOCCC)ccc1N(C)C1CCCCO1.CC. The topological polar surface area (TPSA) is 64.0 Å². The van der Waals surface area contributed by atoms with Crippen LogP contribution in [0.3, 0.4) is 0 Å². The minimum Gasteiger partial charge on any atom is -0.488 e. The Labute approximate surface area is 207 Å². The molecule has 0 radical (unpaired) electrons. The normalized spacial score (nSPS) is 16.5. The standard InChI is InChI=1S/C26H40N2O4.C2H6/c1-6-10-24(27)21(4)23-18-22(32-20(3)19-30-17-16-29-14-7-2)12-13-25(23)28(5)26-11-8-9-15-31-26;1-2/h6,10,12-13,18,20,26-27H,4,7-9,11,14-17,19H2,1-3,5H3;1-2H3/b10-6-,27-24?;. The second-order valence-electron chi connectivity index (χ2n) is 8.12. The van der Waals surface area contributed by atoms with Gasteiger partial charge in [-0.15, -0.1) is 0 Å². The highest BCUT2D eigenvalue weighted by Gasteiger charge is 2.23. The lowest BCUT2D eigenvalue weighted by molar-refractivity contribution is 0.0163. The van der Waals surface area contributed by atoms with Crippen molar-refractivity contribution >= 4 is 17.0 Å². The Morgan fingerprint density at radius 2 is 1.97 bits per heavy atom. The van der Waals surface area contributed by atoms with E-state index >= 15 is 0 Å². The van der Waals surface area contributed by atoms with Crippen molar-refractivity contribution in [2.75, 3.05) is 45.0 Å². The molecule has 0 spiro atoms. The van der Waals surface area contributed by atoms with Gasteiger partial charge in [-0.2, -0.15) is 0 Å². The van der Waals surface area contributed by atoms with Gasteiger partial charge in [0, 0.05) is 37.1 Å². The summed E-state index contributed by atoms with van der Waals surface area (Å²) in [5.41, 5.74) is 2.90. The molecule has 6 heteroatoms. The van der Waals surface area contributed by atoms with E-state index < -0.39 is 0 Å². The minimum atomic E-state index is -0.109. The van der Waals surface area contributed by atoms with E-state index in [4.69, 9.17) is 24.4 Å². The van der Waals surface area contributed by atoms with Gasteiger partial charge in [-0.05, 0) is 63.8 Å². The molecule has 1 heterocycles. The van der Waals surface area contributed by atoms with Crippen LogP contribution >= 0.6 is 0 Å². The molecule has 1 fully saturated rings. The Morgan fingerprint density at radius 1 is 1.24 bits per heavy atom. The Morgan fingerprint density at radius 3 is 2.62 bits per heavy atom. The van der Waals surface area contributed by atoms with Crippen LogP contribution in [0.4, 0.5) is 5.69 Å². The van der Waals surface area contributed by atoms with E-state index in [9.17, 15) is 0 Å². The number of anilines is 1. The molecule has 1 N–H and O–H groups in total. The van der Waals surface area contributed by atoms with Crippen LogP contribution in [0.15, 0.2) is 36.9 Å². The van der Waals surface area contributed by atoms with Gasteiger partial charge in [-0.25, -0.2) is 0 Å². The maximum atomic E-state index is 8.38. The van der Waals surface area contributed by atoms with Gasteiger partial charge in [0.25, 0.3) is 0 Å². The third-order valence-corrected chi connectivity index (χ3v) is 5.33. The lowest BCUT2D eigenvalue weighted by Crippen LogP contribution is -2.37. The summed E-state index contributed by atoms with van der Waals surface area (Å²) in [7, 11) is 2.04. The number of hydrogen-bond acceptors (Lipinski definition) is 6. The molecule has 2 atom stereocenters. The lowest BCUT2D eigenvalue weighted by atomic mass is 9.99. The molecule has 1 aliphatic rings. The van der Waals surface area contributed by atoms with Crippen molar-refractivity contribution in [2.24, 2.45) is 0 Å². The van der Waals surface area contributed by atoms with Crippen molar-refractivity contribution in [3.63, 3.8) is 0 Å². The van der Waals surface area contributed by atoms with Crippen molar-refractivity contribution in [3.8, 4) is 5.75 Å². The van der Waals surface area contributed by atoms with E-state index in [-0.39, 0.29) is 12.3 Å². The summed E-state index contributed by atoms with van der Waals surface area (Å²) in [6.07, 6.45) is 7.79. The average Bonchev–Trinajstić information content (AvgIpc) is 2.87. The number of allylic oxidation sites excluding steroid dienone is 3. The first kappa shape index (κ1) is 29.9. The largest absolute Gasteiger partial charge is 0.488 e. The molecule has 192 valence electrons. The number of hydrogen-bond donors (Lipinski definition) is 1. The van der Waals surface area contributed by atoms with Crippen LogP contribution in [0.2, 0.25) is 0 Å². The molecule has 1 aromatic rings. The summed E-state index contributed by atoms with van der Waals surface area (Å²) in [4.78, 5) is 2.15.